The van der Waals surface area contributed by atoms with E-state index in [1.165, 1.54) is 9.96 Å². The van der Waals surface area contributed by atoms with Crippen LogP contribution in [0.15, 0.2) is 65.8 Å². The minimum atomic E-state index is -1.08. The van der Waals surface area contributed by atoms with Crippen molar-refractivity contribution in [3.05, 3.63) is 93.2 Å². The first-order valence-corrected chi connectivity index (χ1v) is 14.6. The summed E-state index contributed by atoms with van der Waals surface area (Å²) in [6, 6.07) is 16.8. The number of aliphatic hydroxyl groups is 1. The number of pyridine rings is 1. The average Bonchev–Trinajstić information content (AvgIpc) is 3.17. The monoisotopic (exact) mass is 612 g/mol. The molecule has 0 saturated heterocycles. The van der Waals surface area contributed by atoms with E-state index in [0.717, 1.165) is 16.8 Å². The zero-order valence-electron chi connectivity index (χ0n) is 25.1. The fourth-order valence-electron chi connectivity index (χ4n) is 5.05. The van der Waals surface area contributed by atoms with Gasteiger partial charge in [-0.15, -0.1) is 0 Å². The molecule has 0 radical (unpaired) electrons. The van der Waals surface area contributed by atoms with Gasteiger partial charge in [-0.3, -0.25) is 9.98 Å². The Labute approximate surface area is 257 Å². The summed E-state index contributed by atoms with van der Waals surface area (Å²) in [7, 11) is 1.56. The van der Waals surface area contributed by atoms with E-state index >= 15 is 0 Å². The normalized spacial score (nSPS) is 20.3. The third-order valence-electron chi connectivity index (χ3n) is 7.78. The van der Waals surface area contributed by atoms with E-state index in [9.17, 15) is 9.90 Å². The molecule has 0 saturated carbocycles. The lowest BCUT2D eigenvalue weighted by Crippen LogP contribution is -2.54. The van der Waals surface area contributed by atoms with Crippen LogP contribution < -0.4 is 4.74 Å². The predicted octanol–water partition coefficient (Wildman–Crippen LogP) is 6.95. The third kappa shape index (κ3) is 5.80. The molecule has 2 heterocycles. The summed E-state index contributed by atoms with van der Waals surface area (Å²) in [5.74, 6) is 0.937. The Balaban J connectivity index is 2.02. The van der Waals surface area contributed by atoms with Crippen LogP contribution in [0.25, 0.3) is 0 Å². The maximum absolute atomic E-state index is 13.4. The first kappa shape index (κ1) is 31.6. The number of hydrogen-bond donors (Lipinski definition) is 1. The van der Waals surface area contributed by atoms with Gasteiger partial charge in [-0.1, -0.05) is 68.2 Å². The van der Waals surface area contributed by atoms with Gasteiger partial charge in [-0.25, -0.2) is 4.79 Å². The summed E-state index contributed by atoms with van der Waals surface area (Å²) in [5, 5.41) is 12.2. The number of benzene rings is 2. The first-order chi connectivity index (χ1) is 19.8. The average molecular weight is 614 g/mol. The maximum Gasteiger partial charge on any atom is 0.434 e. The molecule has 3 aromatic rings. The number of amidine groups is 1. The Morgan fingerprint density at radius 1 is 1.02 bits per heavy atom. The van der Waals surface area contributed by atoms with Gasteiger partial charge in [-0.2, -0.15) is 5.06 Å². The molecule has 1 amide bonds. The summed E-state index contributed by atoms with van der Waals surface area (Å²) in [6.45, 7) is 12.4. The number of amides is 1. The lowest BCUT2D eigenvalue weighted by Gasteiger charge is -2.44. The number of aliphatic imine (C=N–C) groups is 1. The highest BCUT2D eigenvalue weighted by Crippen LogP contribution is 2.53. The van der Waals surface area contributed by atoms with E-state index < -0.39 is 17.2 Å². The van der Waals surface area contributed by atoms with Crippen LogP contribution >= 0.6 is 23.2 Å². The van der Waals surface area contributed by atoms with E-state index in [2.05, 4.69) is 20.8 Å². The molecule has 4 rings (SSSR count). The number of likely N-dealkylation sites (N-methyl/N-ethyl adjacent to an activating group) is 1. The number of ether oxygens (including phenoxy) is 1. The number of carbonyl (C=O) groups is 1. The number of aromatic nitrogens is 1. The van der Waals surface area contributed by atoms with Crippen LogP contribution in [0.5, 0.6) is 5.75 Å². The second-order valence-electron chi connectivity index (χ2n) is 11.6. The minimum Gasteiger partial charge on any atom is -0.493 e. The molecule has 42 heavy (non-hydrogen) atoms. The molecule has 0 aliphatic carbocycles. The smallest absolute Gasteiger partial charge is 0.434 e. The van der Waals surface area contributed by atoms with Crippen LogP contribution in [0.4, 0.5) is 4.79 Å². The molecule has 1 N–H and O–H groups in total. The van der Waals surface area contributed by atoms with Crippen LogP contribution in [0.2, 0.25) is 10.0 Å². The number of halogens is 2. The molecule has 10 heteroatoms. The molecule has 0 bridgehead atoms. The number of rotatable bonds is 8. The van der Waals surface area contributed by atoms with Crippen molar-refractivity contribution in [1.82, 2.24) is 14.9 Å². The van der Waals surface area contributed by atoms with Gasteiger partial charge < -0.3 is 19.6 Å². The van der Waals surface area contributed by atoms with E-state index in [1.54, 1.807) is 25.4 Å². The van der Waals surface area contributed by atoms with Crippen LogP contribution in [-0.2, 0) is 21.3 Å². The van der Waals surface area contributed by atoms with Crippen LogP contribution in [0, 0.1) is 0 Å². The number of aliphatic hydroxyl groups excluding tert-OH is 1. The number of hydrogen-bond acceptors (Lipinski definition) is 7. The Morgan fingerprint density at radius 2 is 1.60 bits per heavy atom. The Kier molecular flexibility index (Phi) is 9.11. The Morgan fingerprint density at radius 3 is 2.12 bits per heavy atom. The number of hydroxylamine groups is 2. The SMILES string of the molecule is CCOc1cc(C(C)(C)C)ncc1C1=N[C@@](C)(c2ccc(Cl)cc2)[C@@](C)(c2ccc(Cl)cc2)N1OC(=O)N(C)CCO. The molecule has 2 atom stereocenters. The van der Waals surface area contributed by atoms with Crippen molar-refractivity contribution in [2.75, 3.05) is 26.8 Å². The highest BCUT2D eigenvalue weighted by Gasteiger charge is 2.60. The second kappa shape index (κ2) is 12.1. The zero-order valence-corrected chi connectivity index (χ0v) is 26.6. The Bertz CT molecular complexity index is 1460. The molecule has 2 aromatic carbocycles. The number of nitrogens with zero attached hydrogens (tertiary/aromatic N) is 4. The van der Waals surface area contributed by atoms with E-state index in [-0.39, 0.29) is 18.6 Å². The molecular weight excluding hydrogens is 575 g/mol. The summed E-state index contributed by atoms with van der Waals surface area (Å²) >= 11 is 12.6. The van der Waals surface area contributed by atoms with Crippen molar-refractivity contribution in [3.63, 3.8) is 0 Å². The molecule has 1 aliphatic heterocycles. The van der Waals surface area contributed by atoms with Crippen LogP contribution in [0.1, 0.15) is 63.9 Å². The van der Waals surface area contributed by atoms with Crippen molar-refractivity contribution in [3.8, 4) is 5.75 Å². The summed E-state index contributed by atoms with van der Waals surface area (Å²) in [5.41, 5.74) is 0.766. The van der Waals surface area contributed by atoms with Gasteiger partial charge in [-0.05, 0) is 56.2 Å². The highest BCUT2D eigenvalue weighted by atomic mass is 35.5. The molecule has 0 unspecified atom stereocenters. The van der Waals surface area contributed by atoms with Gasteiger partial charge in [0, 0.05) is 47.0 Å². The summed E-state index contributed by atoms with van der Waals surface area (Å²) in [6.07, 6.45) is 1.06. The van der Waals surface area contributed by atoms with Gasteiger partial charge in [0.05, 0.1) is 18.8 Å². The Hall–Kier alpha value is -3.33. The predicted molar refractivity (Wildman–Crippen MR) is 166 cm³/mol. The van der Waals surface area contributed by atoms with Gasteiger partial charge in [0.15, 0.2) is 5.84 Å². The lowest BCUT2D eigenvalue weighted by molar-refractivity contribution is -0.131. The van der Waals surface area contributed by atoms with E-state index in [1.807, 2.05) is 63.2 Å². The van der Waals surface area contributed by atoms with Crippen molar-refractivity contribution < 1.29 is 19.5 Å². The van der Waals surface area contributed by atoms with Crippen molar-refractivity contribution >= 4 is 35.1 Å². The summed E-state index contributed by atoms with van der Waals surface area (Å²) in [4.78, 5) is 31.0. The van der Waals surface area contributed by atoms with E-state index in [4.69, 9.17) is 42.8 Å². The quantitative estimate of drug-likeness (QED) is 0.296. The molecule has 0 fully saturated rings. The molecule has 1 aromatic heterocycles. The minimum absolute atomic E-state index is 0.0945. The molecule has 1 aliphatic rings. The fourth-order valence-corrected chi connectivity index (χ4v) is 5.30. The van der Waals surface area contributed by atoms with Gasteiger partial charge in [0.25, 0.3) is 0 Å². The first-order valence-electron chi connectivity index (χ1n) is 13.9. The van der Waals surface area contributed by atoms with E-state index in [0.29, 0.717) is 33.8 Å². The standard InChI is InChI=1S/C32H38Cl2N4O4/c1-8-41-26-19-27(30(2,3)4)35-20-25(26)28-36-31(5,21-9-13-23(33)14-10-21)32(6,22-11-15-24(34)16-12-22)38(28)42-29(40)37(7)17-18-39/h9-16,19-20,39H,8,17-18H2,1-7H3/t31-,32+/m0/s1. The highest BCUT2D eigenvalue weighted by molar-refractivity contribution is 6.30. The van der Waals surface area contributed by atoms with Gasteiger partial charge in [0.1, 0.15) is 16.8 Å². The third-order valence-corrected chi connectivity index (χ3v) is 8.28. The molecule has 224 valence electrons. The fraction of sp³-hybridized carbons (Fsp3) is 0.406. The lowest BCUT2D eigenvalue weighted by atomic mass is 9.71. The maximum atomic E-state index is 13.4. The number of carbonyl (C=O) groups excluding carboxylic acids is 1. The van der Waals surface area contributed by atoms with Crippen molar-refractivity contribution in [2.24, 2.45) is 4.99 Å². The largest absolute Gasteiger partial charge is 0.493 e. The van der Waals surface area contributed by atoms with Crippen molar-refractivity contribution in [2.45, 2.75) is 58.0 Å². The zero-order chi connectivity index (χ0) is 30.9. The second-order valence-corrected chi connectivity index (χ2v) is 12.5. The summed E-state index contributed by atoms with van der Waals surface area (Å²) < 4.78 is 6.14. The van der Waals surface area contributed by atoms with Gasteiger partial charge >= 0.3 is 6.09 Å². The molecule has 0 spiro atoms. The van der Waals surface area contributed by atoms with Gasteiger partial charge in [0.2, 0.25) is 0 Å². The molecular formula is C32H38Cl2N4O4. The molecule has 8 nitrogen and oxygen atoms in total. The van der Waals surface area contributed by atoms with Crippen LogP contribution in [0.3, 0.4) is 0 Å². The topological polar surface area (TPSA) is 87.5 Å². The van der Waals surface area contributed by atoms with Crippen LogP contribution in [-0.4, -0.2) is 58.8 Å². The van der Waals surface area contributed by atoms with Crippen molar-refractivity contribution in [1.29, 1.82) is 0 Å².